The number of hydrogen-bond donors (Lipinski definition) is 0. The number of carbonyl (C=O) groups excluding carboxylic acids is 1. The summed E-state index contributed by atoms with van der Waals surface area (Å²) in [5, 5.41) is 0. The van der Waals surface area contributed by atoms with Gasteiger partial charge in [-0.05, 0) is 6.92 Å². The van der Waals surface area contributed by atoms with Crippen molar-refractivity contribution in [2.45, 2.75) is 12.6 Å². The van der Waals surface area contributed by atoms with Crippen molar-refractivity contribution in [3.05, 3.63) is 0 Å². The molecule has 6 heavy (non-hydrogen) atoms. The third kappa shape index (κ3) is 2.04. The highest BCUT2D eigenvalue weighted by molar-refractivity contribution is 7.26. The Morgan fingerprint density at radius 3 is 2.33 bits per heavy atom. The number of rotatable bonds is 2. The van der Waals surface area contributed by atoms with Crippen LogP contribution in [0.2, 0.25) is 0 Å². The Hall–Kier alpha value is -0.230. The zero-order valence-corrected chi connectivity index (χ0v) is 4.31. The van der Waals surface area contributed by atoms with Gasteiger partial charge in [0.1, 0.15) is 6.29 Å². The molecule has 34 valence electrons. The monoisotopic (exact) mass is 104 g/mol. The van der Waals surface area contributed by atoms with Gasteiger partial charge in [-0.1, -0.05) is 0 Å². The van der Waals surface area contributed by atoms with Crippen LogP contribution in [0.3, 0.4) is 0 Å². The zero-order valence-electron chi connectivity index (χ0n) is 3.42. The van der Waals surface area contributed by atoms with Crippen LogP contribution in [0.4, 0.5) is 0 Å². The van der Waals surface area contributed by atoms with E-state index in [4.69, 9.17) is 0 Å². The van der Waals surface area contributed by atoms with E-state index in [0.29, 0.717) is 6.29 Å². The van der Waals surface area contributed by atoms with Crippen LogP contribution in [0.1, 0.15) is 6.92 Å². The van der Waals surface area contributed by atoms with Crippen molar-refractivity contribution in [3.63, 3.8) is 0 Å². The van der Waals surface area contributed by atoms with E-state index in [1.807, 2.05) is 0 Å². The average Bonchev–Trinajstić information content (AvgIpc) is 1.65. The maximum atomic E-state index is 9.60. The van der Waals surface area contributed by atoms with Gasteiger partial charge in [0, 0.05) is 0 Å². The molecule has 0 aromatic heterocycles. The largest absolute Gasteiger partial charge is 0.302 e. The van der Waals surface area contributed by atoms with E-state index in [0.717, 1.165) is 0 Å². The molecule has 0 rings (SSSR count). The summed E-state index contributed by atoms with van der Waals surface area (Å²) in [6, 6.07) is 0. The van der Waals surface area contributed by atoms with Crippen LogP contribution < -0.4 is 0 Å². The van der Waals surface area contributed by atoms with E-state index >= 15 is 0 Å². The third-order valence-electron chi connectivity index (χ3n) is 0.363. The number of carbonyl (C=O) groups is 1. The maximum absolute atomic E-state index is 9.60. The quantitative estimate of drug-likeness (QED) is 0.384. The molecule has 0 radical (unpaired) electrons. The molecule has 0 saturated heterocycles. The maximum Gasteiger partial charge on any atom is 0.166 e. The summed E-state index contributed by atoms with van der Waals surface area (Å²) in [4.78, 5) is 9.53. The van der Waals surface area contributed by atoms with E-state index in [9.17, 15) is 9.36 Å². The van der Waals surface area contributed by atoms with Crippen LogP contribution in [0, 0.1) is 0 Å². The van der Waals surface area contributed by atoms with Gasteiger partial charge in [0.15, 0.2) is 8.46 Å². The van der Waals surface area contributed by atoms with Crippen LogP contribution in [0.5, 0.6) is 0 Å². The van der Waals surface area contributed by atoms with Crippen LogP contribution >= 0.6 is 8.46 Å². The molecule has 1 atom stereocenters. The van der Waals surface area contributed by atoms with Gasteiger partial charge >= 0.3 is 0 Å². The Balaban J connectivity index is 3.21. The van der Waals surface area contributed by atoms with Gasteiger partial charge in [0.2, 0.25) is 0 Å². The molecule has 0 aliphatic rings. The smallest absolute Gasteiger partial charge is 0.166 e. The fourth-order valence-corrected chi connectivity index (χ4v) is 0.0745. The van der Waals surface area contributed by atoms with Gasteiger partial charge in [0.05, 0.1) is 5.66 Å². The highest BCUT2D eigenvalue weighted by Crippen LogP contribution is 1.98. The second kappa shape index (κ2) is 2.98. The van der Waals surface area contributed by atoms with Gasteiger partial charge in [-0.25, -0.2) is 0 Å². The summed E-state index contributed by atoms with van der Waals surface area (Å²) < 4.78 is 9.60. The summed E-state index contributed by atoms with van der Waals surface area (Å²) in [7, 11) is -0.0899. The average molecular weight is 104 g/mol. The predicted molar refractivity (Wildman–Crippen MR) is 23.1 cm³/mol. The molecule has 0 aliphatic carbocycles. The molecule has 0 bridgehead atoms. The molecule has 0 heterocycles. The van der Waals surface area contributed by atoms with Gasteiger partial charge in [-0.3, -0.25) is 4.57 Å². The molecular weight excluding hydrogens is 99.0 g/mol. The lowest BCUT2D eigenvalue weighted by Crippen LogP contribution is -1.87. The fraction of sp³-hybridized carbons (Fsp3) is 0.667. The Labute approximate surface area is 37.8 Å². The molecule has 3 heteroatoms. The molecule has 2 nitrogen and oxygen atoms in total. The Bertz CT molecular complexity index is 53.8. The van der Waals surface area contributed by atoms with Crippen LogP contribution in [-0.2, 0) is 9.36 Å². The highest BCUT2D eigenvalue weighted by atomic mass is 31.1. The van der Waals surface area contributed by atoms with E-state index in [1.165, 1.54) is 0 Å². The second-order valence-corrected chi connectivity index (χ2v) is 2.01. The minimum Gasteiger partial charge on any atom is -0.302 e. The normalized spacial score (nSPS) is 14.2. The van der Waals surface area contributed by atoms with Gasteiger partial charge in [-0.15, -0.1) is 0 Å². The number of hydrogen-bond acceptors (Lipinski definition) is 2. The molecule has 0 fully saturated rings. The first kappa shape index (κ1) is 5.77. The Kier molecular flexibility index (Phi) is 2.87. The minimum atomic E-state index is -0.329. The summed E-state index contributed by atoms with van der Waals surface area (Å²) in [6.45, 7) is 1.58. The van der Waals surface area contributed by atoms with Gasteiger partial charge in [0.25, 0.3) is 0 Å². The topological polar surface area (TPSA) is 34.1 Å². The Morgan fingerprint density at radius 2 is 2.33 bits per heavy atom. The molecule has 0 saturated carbocycles. The van der Waals surface area contributed by atoms with Crippen molar-refractivity contribution in [1.82, 2.24) is 0 Å². The molecule has 0 aliphatic heterocycles. The van der Waals surface area contributed by atoms with E-state index in [2.05, 4.69) is 0 Å². The Morgan fingerprint density at radius 1 is 1.83 bits per heavy atom. The van der Waals surface area contributed by atoms with Crippen LogP contribution in [-0.4, -0.2) is 11.9 Å². The first-order valence-corrected chi connectivity index (χ1v) is 2.47. The predicted octanol–water partition coefficient (Wildman–Crippen LogP) is 0.865. The second-order valence-electron chi connectivity index (χ2n) is 0.982. The van der Waals surface area contributed by atoms with Crippen molar-refractivity contribution >= 4 is 14.7 Å². The van der Waals surface area contributed by atoms with Gasteiger partial charge < -0.3 is 4.79 Å². The SMILES string of the molecule is CC(C=O)P=O. The highest BCUT2D eigenvalue weighted by Gasteiger charge is 1.91. The first-order valence-electron chi connectivity index (χ1n) is 1.59. The molecule has 0 spiro atoms. The summed E-state index contributed by atoms with van der Waals surface area (Å²) in [5.74, 6) is 0. The molecular formula is C3H5O2P. The lowest BCUT2D eigenvalue weighted by atomic mass is 10.5. The van der Waals surface area contributed by atoms with Crippen LogP contribution in [0.15, 0.2) is 0 Å². The standard InChI is InChI=1S/C3H5O2P/c1-3(2-4)6-5/h2-3H,1H3. The summed E-state index contributed by atoms with van der Waals surface area (Å²) >= 11 is 0. The molecule has 0 aromatic carbocycles. The molecule has 0 amide bonds. The van der Waals surface area contributed by atoms with E-state index in [1.54, 1.807) is 6.92 Å². The lowest BCUT2D eigenvalue weighted by Gasteiger charge is -1.76. The summed E-state index contributed by atoms with van der Waals surface area (Å²) in [6.07, 6.45) is 0.647. The van der Waals surface area contributed by atoms with Crippen molar-refractivity contribution in [2.24, 2.45) is 0 Å². The van der Waals surface area contributed by atoms with Crippen LogP contribution in [0.25, 0.3) is 0 Å². The lowest BCUT2D eigenvalue weighted by molar-refractivity contribution is -0.107. The molecule has 0 aromatic rings. The fourth-order valence-electron chi connectivity index (χ4n) is 0.0248. The number of aldehydes is 1. The van der Waals surface area contributed by atoms with Gasteiger partial charge in [-0.2, -0.15) is 0 Å². The van der Waals surface area contributed by atoms with E-state index in [-0.39, 0.29) is 14.1 Å². The van der Waals surface area contributed by atoms with Crippen molar-refractivity contribution in [2.75, 3.05) is 0 Å². The minimum absolute atomic E-state index is 0.0899. The molecule has 0 N–H and O–H groups in total. The van der Waals surface area contributed by atoms with Crippen molar-refractivity contribution in [3.8, 4) is 0 Å². The molecule has 1 unspecified atom stereocenters. The van der Waals surface area contributed by atoms with Crippen molar-refractivity contribution in [1.29, 1.82) is 0 Å². The van der Waals surface area contributed by atoms with Crippen molar-refractivity contribution < 1.29 is 9.36 Å². The third-order valence-corrected chi connectivity index (χ3v) is 0.817. The first-order chi connectivity index (χ1) is 2.81. The summed E-state index contributed by atoms with van der Waals surface area (Å²) in [5.41, 5.74) is -0.329. The van der Waals surface area contributed by atoms with E-state index < -0.39 is 0 Å². The zero-order chi connectivity index (χ0) is 4.99.